The number of para-hydroxylation sites is 1. The van der Waals surface area contributed by atoms with Crippen LogP contribution in [0.2, 0.25) is 0 Å². The molecule has 0 aliphatic carbocycles. The average Bonchev–Trinajstić information content (AvgIpc) is 3.54. The van der Waals surface area contributed by atoms with Crippen LogP contribution in [0.5, 0.6) is 0 Å². The Hall–Kier alpha value is -5.98. The monoisotopic (exact) mass is 650 g/mol. The van der Waals surface area contributed by atoms with Crippen molar-refractivity contribution in [3.8, 4) is 22.3 Å². The van der Waals surface area contributed by atoms with Crippen molar-refractivity contribution in [1.29, 1.82) is 0 Å². The predicted octanol–water partition coefficient (Wildman–Crippen LogP) is 10.8. The van der Waals surface area contributed by atoms with E-state index in [0.29, 0.717) is 13.1 Å². The third-order valence-corrected chi connectivity index (χ3v) is 9.21. The summed E-state index contributed by atoms with van der Waals surface area (Å²) in [6, 6.07) is 61.1. The Balaban J connectivity index is 1.03. The lowest BCUT2D eigenvalue weighted by Crippen LogP contribution is -2.42. The lowest BCUT2D eigenvalue weighted by molar-refractivity contribution is 0.158. The number of nitrogens with two attached hydrogens (primary N) is 1. The minimum absolute atomic E-state index is 0.193. The molecule has 0 bridgehead atoms. The molecular weight excluding hydrogens is 613 g/mol. The van der Waals surface area contributed by atoms with Crippen LogP contribution in [0.3, 0.4) is 0 Å². The molecule has 0 saturated heterocycles. The molecule has 5 heteroatoms. The van der Waals surface area contributed by atoms with Gasteiger partial charge in [-0.05, 0) is 57.6 Å². The molecule has 0 amide bonds. The van der Waals surface area contributed by atoms with Crippen molar-refractivity contribution in [1.82, 2.24) is 10.3 Å². The maximum absolute atomic E-state index is 6.87. The summed E-state index contributed by atoms with van der Waals surface area (Å²) >= 11 is 0. The van der Waals surface area contributed by atoms with E-state index in [-0.39, 0.29) is 6.17 Å². The molecule has 0 radical (unpaired) electrons. The Labute approximate surface area is 292 Å². The molecule has 1 heterocycles. The second-order valence-electron chi connectivity index (χ2n) is 12.6. The predicted molar refractivity (Wildman–Crippen MR) is 207 cm³/mol. The zero-order chi connectivity index (χ0) is 33.7. The van der Waals surface area contributed by atoms with Crippen molar-refractivity contribution in [2.24, 2.45) is 5.84 Å². The number of hydrogen-bond donors (Lipinski definition) is 3. The van der Waals surface area contributed by atoms with E-state index in [1.165, 1.54) is 16.7 Å². The quantitative estimate of drug-likeness (QED) is 0.0738. The van der Waals surface area contributed by atoms with Crippen LogP contribution in [0.15, 0.2) is 180 Å². The van der Waals surface area contributed by atoms with Gasteiger partial charge in [-0.1, -0.05) is 146 Å². The highest BCUT2D eigenvalue weighted by molar-refractivity contribution is 6.08. The Morgan fingerprint density at radius 1 is 0.540 bits per heavy atom. The molecule has 1 atom stereocenters. The molecule has 7 aromatic carbocycles. The summed E-state index contributed by atoms with van der Waals surface area (Å²) in [6.07, 6.45) is -0.193. The summed E-state index contributed by atoms with van der Waals surface area (Å²) < 4.78 is 6.26. The van der Waals surface area contributed by atoms with E-state index < -0.39 is 0 Å². The van der Waals surface area contributed by atoms with Gasteiger partial charge in [-0.25, -0.2) is 5.01 Å². The zero-order valence-electron chi connectivity index (χ0n) is 27.7. The number of nitrogens with one attached hydrogen (secondary N) is 2. The molecule has 0 spiro atoms. The van der Waals surface area contributed by atoms with E-state index >= 15 is 0 Å². The van der Waals surface area contributed by atoms with Gasteiger partial charge in [0.05, 0.1) is 11.9 Å². The number of rotatable bonds is 11. The number of anilines is 2. The second kappa shape index (κ2) is 14.2. The van der Waals surface area contributed by atoms with Gasteiger partial charge >= 0.3 is 0 Å². The van der Waals surface area contributed by atoms with Gasteiger partial charge in [0.1, 0.15) is 11.2 Å². The fourth-order valence-electron chi connectivity index (χ4n) is 6.61. The highest BCUT2D eigenvalue weighted by atomic mass is 16.3. The molecule has 5 nitrogen and oxygen atoms in total. The molecule has 1 aromatic heterocycles. The number of nitrogens with zero attached hydrogens (tertiary/aromatic N) is 1. The summed E-state index contributed by atoms with van der Waals surface area (Å²) in [5.74, 6) is 6.87. The lowest BCUT2D eigenvalue weighted by atomic mass is 10.00. The van der Waals surface area contributed by atoms with E-state index in [2.05, 4.69) is 156 Å². The van der Waals surface area contributed by atoms with E-state index in [1.54, 1.807) is 0 Å². The van der Waals surface area contributed by atoms with Gasteiger partial charge in [-0.2, -0.15) is 0 Å². The molecule has 0 aliphatic heterocycles. The Kier molecular flexibility index (Phi) is 8.92. The first-order valence-corrected chi connectivity index (χ1v) is 17.0. The minimum atomic E-state index is -0.193. The van der Waals surface area contributed by atoms with E-state index in [1.807, 2.05) is 35.3 Å². The van der Waals surface area contributed by atoms with Crippen molar-refractivity contribution in [2.75, 3.05) is 5.32 Å². The fraction of sp³-hybridized carbons (Fsp3) is 0.0667. The number of fused-ring (bicyclic) bond motifs is 3. The Bertz CT molecular complexity index is 2320. The van der Waals surface area contributed by atoms with Gasteiger partial charge < -0.3 is 9.73 Å². The van der Waals surface area contributed by atoms with Gasteiger partial charge in [0.2, 0.25) is 0 Å². The van der Waals surface area contributed by atoms with Crippen LogP contribution in [-0.4, -0.2) is 5.01 Å². The van der Waals surface area contributed by atoms with E-state index in [0.717, 1.165) is 55.6 Å². The lowest BCUT2D eigenvalue weighted by Gasteiger charge is -2.29. The van der Waals surface area contributed by atoms with E-state index in [9.17, 15) is 0 Å². The maximum atomic E-state index is 6.87. The van der Waals surface area contributed by atoms with Crippen LogP contribution in [0.25, 0.3) is 44.2 Å². The standard InChI is InChI=1S/C45H38N4O/c46-49(45(47-30-32-12-4-1-5-13-32)37-24-22-35(23-25-37)34-14-6-2-7-15-34)31-33-20-26-38(27-21-33)48-42-29-44-41(39-18-10-11-19-43(39)50-44)28-40(42)36-16-8-3-9-17-36/h1-29,45,47-48H,30-31,46H2. The van der Waals surface area contributed by atoms with Gasteiger partial charge in [-0.3, -0.25) is 11.2 Å². The summed E-state index contributed by atoms with van der Waals surface area (Å²) in [5, 5.41) is 11.5. The molecule has 0 aliphatic rings. The summed E-state index contributed by atoms with van der Waals surface area (Å²) in [7, 11) is 0. The van der Waals surface area contributed by atoms with Crippen LogP contribution in [0, 0.1) is 0 Å². The summed E-state index contributed by atoms with van der Waals surface area (Å²) in [6.45, 7) is 1.26. The molecule has 8 rings (SSSR count). The molecule has 8 aromatic rings. The Morgan fingerprint density at radius 3 is 1.88 bits per heavy atom. The zero-order valence-corrected chi connectivity index (χ0v) is 27.7. The van der Waals surface area contributed by atoms with Crippen molar-refractivity contribution in [3.05, 3.63) is 193 Å². The number of benzene rings is 7. The fourth-order valence-corrected chi connectivity index (χ4v) is 6.61. The van der Waals surface area contributed by atoms with Crippen LogP contribution in [0.1, 0.15) is 22.9 Å². The number of furan rings is 1. The van der Waals surface area contributed by atoms with Crippen molar-refractivity contribution in [2.45, 2.75) is 19.3 Å². The third-order valence-electron chi connectivity index (χ3n) is 9.21. The van der Waals surface area contributed by atoms with Crippen molar-refractivity contribution in [3.63, 3.8) is 0 Å². The van der Waals surface area contributed by atoms with E-state index in [4.69, 9.17) is 10.3 Å². The van der Waals surface area contributed by atoms with Crippen molar-refractivity contribution < 1.29 is 4.42 Å². The first kappa shape index (κ1) is 31.3. The molecule has 0 fully saturated rings. The van der Waals surface area contributed by atoms with Crippen LogP contribution in [-0.2, 0) is 13.1 Å². The van der Waals surface area contributed by atoms with Crippen molar-refractivity contribution >= 4 is 33.3 Å². The Morgan fingerprint density at radius 2 is 1.16 bits per heavy atom. The maximum Gasteiger partial charge on any atom is 0.137 e. The summed E-state index contributed by atoms with van der Waals surface area (Å²) in [5.41, 5.74) is 11.8. The van der Waals surface area contributed by atoms with Gasteiger partial charge in [0, 0.05) is 41.2 Å². The van der Waals surface area contributed by atoms with Crippen LogP contribution < -0.4 is 16.5 Å². The topological polar surface area (TPSA) is 66.5 Å². The average molecular weight is 651 g/mol. The first-order chi connectivity index (χ1) is 24.7. The van der Waals surface area contributed by atoms with Gasteiger partial charge in [0.25, 0.3) is 0 Å². The van der Waals surface area contributed by atoms with Gasteiger partial charge in [-0.15, -0.1) is 0 Å². The molecule has 1 unspecified atom stereocenters. The minimum Gasteiger partial charge on any atom is -0.456 e. The number of hydrogen-bond acceptors (Lipinski definition) is 5. The normalized spacial score (nSPS) is 12.0. The second-order valence-corrected chi connectivity index (χ2v) is 12.6. The summed E-state index contributed by atoms with van der Waals surface area (Å²) in [4.78, 5) is 0. The smallest absolute Gasteiger partial charge is 0.137 e. The van der Waals surface area contributed by atoms with Crippen LogP contribution in [0.4, 0.5) is 11.4 Å². The molecule has 244 valence electrons. The largest absolute Gasteiger partial charge is 0.456 e. The number of hydrazine groups is 1. The van der Waals surface area contributed by atoms with Gasteiger partial charge in [0.15, 0.2) is 0 Å². The molecule has 4 N–H and O–H groups in total. The SMILES string of the molecule is NN(Cc1ccc(Nc2cc3oc4ccccc4c3cc2-c2ccccc2)cc1)C(NCc1ccccc1)c1ccc(-c2ccccc2)cc1. The first-order valence-electron chi connectivity index (χ1n) is 17.0. The molecular formula is C45H38N4O. The highest BCUT2D eigenvalue weighted by Gasteiger charge is 2.19. The van der Waals surface area contributed by atoms with Crippen LogP contribution >= 0.6 is 0 Å². The molecule has 50 heavy (non-hydrogen) atoms. The third kappa shape index (κ3) is 6.79. The molecule has 0 saturated carbocycles. The highest BCUT2D eigenvalue weighted by Crippen LogP contribution is 2.38.